The number of rotatable bonds is 55. The monoisotopic (exact) mass is 1250 g/mol. The number of aliphatic hydroxyl groups is 1. The fraction of sp³-hybridized carbons (Fsp3) is 0.860. The molecule has 0 bridgehead atoms. The number of carbonyl (C=O) groups is 3. The number of hydrogen-bond donors (Lipinski definition) is 9. The van der Waals surface area contributed by atoms with Gasteiger partial charge in [-0.2, -0.15) is 4.98 Å². The van der Waals surface area contributed by atoms with Crippen molar-refractivity contribution < 1.29 is 119 Å². The number of phosphoric ester groups is 2. The Morgan fingerprint density at radius 2 is 1.07 bits per heavy atom. The van der Waals surface area contributed by atoms with Crippen LogP contribution in [0.1, 0.15) is 70.1 Å². The summed E-state index contributed by atoms with van der Waals surface area (Å²) in [5, 5.41) is 19.4. The van der Waals surface area contributed by atoms with Crippen molar-refractivity contribution in [3.63, 3.8) is 0 Å². The molecule has 1 unspecified atom stereocenters. The van der Waals surface area contributed by atoms with Crippen LogP contribution in [0.3, 0.4) is 0 Å². The molecule has 3 heterocycles. The number of aliphatic hydroxyl groups excluding tert-OH is 1. The first-order chi connectivity index (χ1) is 40.4. The number of amides is 3. The first-order valence-corrected chi connectivity index (χ1v) is 31.4. The Labute approximate surface area is 489 Å². The van der Waals surface area contributed by atoms with Crippen LogP contribution in [0, 0.1) is 5.92 Å². The van der Waals surface area contributed by atoms with Crippen molar-refractivity contribution in [3.05, 3.63) is 22.2 Å². The highest BCUT2D eigenvalue weighted by Crippen LogP contribution is 2.45. The number of ether oxygens (including phenoxy) is 13. The van der Waals surface area contributed by atoms with Crippen LogP contribution in [0.4, 0.5) is 5.82 Å². The van der Waals surface area contributed by atoms with E-state index in [2.05, 4.69) is 36.9 Å². The van der Waals surface area contributed by atoms with E-state index in [1.54, 1.807) is 0 Å². The third-order valence-electron chi connectivity index (χ3n) is 12.3. The molecule has 0 aliphatic carbocycles. The molecule has 2 aliphatic rings. The fourth-order valence-corrected chi connectivity index (χ4v) is 9.02. The molecule has 6 atom stereocenters. The average Bonchev–Trinajstić information content (AvgIpc) is 2.62. The molecule has 1 aromatic rings. The van der Waals surface area contributed by atoms with Gasteiger partial charge in [-0.25, -0.2) is 13.9 Å². The molecule has 10 N–H and O–H groups in total. The minimum absolute atomic E-state index is 0.0290. The van der Waals surface area contributed by atoms with Crippen LogP contribution in [-0.4, -0.2) is 255 Å². The van der Waals surface area contributed by atoms with Crippen molar-refractivity contribution in [2.24, 2.45) is 5.92 Å². The first kappa shape index (κ1) is 75.0. The minimum Gasteiger partial charge on any atom is -0.386 e. The molecular formula is C50H92N6O26P2. The molecular weight excluding hydrogens is 1160 g/mol. The number of unbranched alkanes of at least 4 members (excludes halogenated alkanes) is 2. The van der Waals surface area contributed by atoms with Crippen molar-refractivity contribution in [1.29, 1.82) is 0 Å². The van der Waals surface area contributed by atoms with Crippen LogP contribution in [0.25, 0.3) is 0 Å². The Kier molecular flexibility index (Phi) is 41.0. The first-order valence-electron chi connectivity index (χ1n) is 28.3. The maximum Gasteiger partial charge on any atom is 0.470 e. The van der Waals surface area contributed by atoms with Gasteiger partial charge in [-0.05, 0) is 31.6 Å². The Morgan fingerprint density at radius 1 is 0.631 bits per heavy atom. The van der Waals surface area contributed by atoms with Gasteiger partial charge in [0.15, 0.2) is 6.23 Å². The van der Waals surface area contributed by atoms with E-state index in [-0.39, 0.29) is 62.2 Å². The van der Waals surface area contributed by atoms with Gasteiger partial charge in [0, 0.05) is 50.2 Å². The zero-order valence-electron chi connectivity index (χ0n) is 48.2. The Balaban J connectivity index is 0.972. The zero-order chi connectivity index (χ0) is 61.1. The van der Waals surface area contributed by atoms with E-state index in [9.17, 15) is 43.2 Å². The van der Waals surface area contributed by atoms with Gasteiger partial charge in [-0.1, -0.05) is 19.8 Å². The molecule has 488 valence electrons. The average molecular weight is 1260 g/mol. The van der Waals surface area contributed by atoms with Crippen LogP contribution in [0.2, 0.25) is 0 Å². The number of nitrogens with two attached hydrogens (primary N) is 1. The number of aryl methyl sites for hydroxylation is 1. The van der Waals surface area contributed by atoms with E-state index < -0.39 is 52.5 Å². The summed E-state index contributed by atoms with van der Waals surface area (Å²) in [6, 6.07) is 0.273. The number of aromatic nitrogens is 2. The predicted molar refractivity (Wildman–Crippen MR) is 295 cm³/mol. The van der Waals surface area contributed by atoms with Crippen LogP contribution in [0.15, 0.2) is 11.0 Å². The second kappa shape index (κ2) is 45.9. The Bertz CT molecular complexity index is 2080. The topological polar surface area (TPSA) is 422 Å². The smallest absolute Gasteiger partial charge is 0.386 e. The summed E-state index contributed by atoms with van der Waals surface area (Å²) >= 11 is 0. The van der Waals surface area contributed by atoms with Gasteiger partial charge < -0.3 is 108 Å². The third kappa shape index (κ3) is 37.4. The number of anilines is 1. The van der Waals surface area contributed by atoms with Crippen LogP contribution < -0.4 is 27.4 Å². The molecule has 3 rings (SSSR count). The summed E-state index contributed by atoms with van der Waals surface area (Å²) in [6.07, 6.45) is -0.310. The summed E-state index contributed by atoms with van der Waals surface area (Å²) in [5.41, 5.74) is 5.22. The lowest BCUT2D eigenvalue weighted by Crippen LogP contribution is -2.38. The highest BCUT2D eigenvalue weighted by molar-refractivity contribution is 7.46. The van der Waals surface area contributed by atoms with E-state index in [0.29, 0.717) is 183 Å². The van der Waals surface area contributed by atoms with Crippen molar-refractivity contribution in [2.45, 2.75) is 95.3 Å². The fourth-order valence-electron chi connectivity index (χ4n) is 8.10. The van der Waals surface area contributed by atoms with Gasteiger partial charge in [0.1, 0.15) is 24.1 Å². The lowest BCUT2D eigenvalue weighted by molar-refractivity contribution is -0.122. The molecule has 3 amide bonds. The standard InChI is InChI=1S/C50H92N6O26P2/c1-39-36-45(59)54-41(39)7-3-2-4-8-43(57)53-11-13-69-15-17-71-19-21-73-23-25-75-27-29-77-31-33-79-35-34-78-32-30-76-28-26-74-24-22-72-20-18-70-16-14-68-12-9-44(58)52-10-5-6-40-37-56(50(61)55-48(40)51)49-46(60)47(82-84(65,66)67)42(81-49)38-80-83(62,63)64/h37,39,41-42,46-47,49,60H,2-36,38H2,1H3,(H,52,58)(H,53,57)(H,54,59)(H2,51,55,61)(H2,62,63,64)(H2,65,66,67)/t39-,41-,42-,46+,47?,49-/m1/s1. The molecule has 2 fully saturated rings. The third-order valence-corrected chi connectivity index (χ3v) is 13.4. The van der Waals surface area contributed by atoms with Crippen LogP contribution in [-0.2, 0) is 101 Å². The van der Waals surface area contributed by atoms with Crippen molar-refractivity contribution in [1.82, 2.24) is 25.5 Å². The molecule has 34 heteroatoms. The summed E-state index contributed by atoms with van der Waals surface area (Å²) < 4.78 is 104. The summed E-state index contributed by atoms with van der Waals surface area (Å²) in [6.45, 7) is 11.6. The zero-order valence-corrected chi connectivity index (χ0v) is 50.0. The summed E-state index contributed by atoms with van der Waals surface area (Å²) in [7, 11) is -10.3. The van der Waals surface area contributed by atoms with E-state index in [1.807, 2.05) is 0 Å². The SMILES string of the molecule is C[C@@H]1CC(=O)N[C@@H]1CCCCCC(=O)NCCOCCOCCOCCOCCOCCOCCOCCOCCOCCOCCOCCOCCC(=O)NCCCc1cn([C@@H]2O[C@H](COP(=O)(O)O)C(OP(=O)(O)O)[C@@H]2O)c(=O)nc1N. The van der Waals surface area contributed by atoms with E-state index in [0.717, 1.165) is 30.3 Å². The van der Waals surface area contributed by atoms with Gasteiger partial charge in [0.2, 0.25) is 17.7 Å². The lowest BCUT2D eigenvalue weighted by Gasteiger charge is -2.21. The number of hydrogen-bond acceptors (Lipinski definition) is 24. The molecule has 2 saturated heterocycles. The van der Waals surface area contributed by atoms with Gasteiger partial charge >= 0.3 is 21.3 Å². The molecule has 0 spiro atoms. The molecule has 0 radical (unpaired) electrons. The Morgan fingerprint density at radius 3 is 1.51 bits per heavy atom. The van der Waals surface area contributed by atoms with Gasteiger partial charge in [-0.15, -0.1) is 0 Å². The number of carbonyl (C=O) groups excluding carboxylic acids is 3. The molecule has 1 aromatic heterocycles. The summed E-state index contributed by atoms with van der Waals surface area (Å²) in [5.74, 6) is 0.133. The molecule has 0 aromatic carbocycles. The largest absolute Gasteiger partial charge is 0.470 e. The van der Waals surface area contributed by atoms with E-state index in [1.165, 1.54) is 6.20 Å². The minimum atomic E-state index is -5.25. The second-order valence-corrected chi connectivity index (χ2v) is 21.5. The molecule has 0 saturated carbocycles. The van der Waals surface area contributed by atoms with Crippen LogP contribution >= 0.6 is 15.6 Å². The highest BCUT2D eigenvalue weighted by atomic mass is 31.2. The maximum absolute atomic E-state index is 12.7. The van der Waals surface area contributed by atoms with Crippen LogP contribution in [0.5, 0.6) is 0 Å². The number of phosphoric acid groups is 2. The van der Waals surface area contributed by atoms with Gasteiger partial charge in [0.25, 0.3) is 0 Å². The van der Waals surface area contributed by atoms with Crippen molar-refractivity contribution in [2.75, 3.05) is 184 Å². The highest BCUT2D eigenvalue weighted by Gasteiger charge is 2.49. The number of nitrogens with zero attached hydrogens (tertiary/aromatic N) is 2. The summed E-state index contributed by atoms with van der Waals surface area (Å²) in [4.78, 5) is 88.8. The van der Waals surface area contributed by atoms with E-state index in [4.69, 9.17) is 77.1 Å². The quantitative estimate of drug-likeness (QED) is 0.0276. The molecule has 2 aliphatic heterocycles. The normalized spacial score (nSPS) is 19.1. The van der Waals surface area contributed by atoms with Gasteiger partial charge in [0.05, 0.1) is 165 Å². The number of nitrogens with one attached hydrogen (secondary N) is 3. The number of nitrogen functional groups attached to an aromatic ring is 1. The predicted octanol–water partition coefficient (Wildman–Crippen LogP) is -1.10. The van der Waals surface area contributed by atoms with Crippen molar-refractivity contribution in [3.8, 4) is 0 Å². The second-order valence-electron chi connectivity index (χ2n) is 19.1. The van der Waals surface area contributed by atoms with Gasteiger partial charge in [-0.3, -0.25) is 28.0 Å². The molecule has 84 heavy (non-hydrogen) atoms. The molecule has 32 nitrogen and oxygen atoms in total. The van der Waals surface area contributed by atoms with Crippen molar-refractivity contribution >= 4 is 39.2 Å². The van der Waals surface area contributed by atoms with E-state index >= 15 is 0 Å². The Hall–Kier alpha value is -3.25. The maximum atomic E-state index is 12.7. The lowest BCUT2D eigenvalue weighted by atomic mass is 9.97.